The van der Waals surface area contributed by atoms with Gasteiger partial charge < -0.3 is 9.73 Å². The summed E-state index contributed by atoms with van der Waals surface area (Å²) in [5, 5.41) is 13.4. The molecule has 0 saturated heterocycles. The number of furan rings is 1. The minimum absolute atomic E-state index is 0.873. The number of hydrogen-bond donors (Lipinski definition) is 1. The summed E-state index contributed by atoms with van der Waals surface area (Å²) in [6.45, 7) is 0. The Labute approximate surface area is 254 Å². The van der Waals surface area contributed by atoms with Crippen LogP contribution in [0.15, 0.2) is 162 Å². The topological polar surface area (TPSA) is 25.2 Å². The average Bonchev–Trinajstić information content (AvgIpc) is 3.48. The Morgan fingerprint density at radius 1 is 0.386 bits per heavy atom. The fourth-order valence-electron chi connectivity index (χ4n) is 6.80. The van der Waals surface area contributed by atoms with Crippen LogP contribution >= 0.6 is 0 Å². The molecule has 0 amide bonds. The molecule has 0 aliphatic carbocycles. The Bertz CT molecular complexity index is 2520. The maximum absolute atomic E-state index is 6.42. The van der Waals surface area contributed by atoms with Crippen molar-refractivity contribution in [3.05, 3.63) is 158 Å². The van der Waals surface area contributed by atoms with Gasteiger partial charge in [0.05, 0.1) is 5.69 Å². The van der Waals surface area contributed by atoms with E-state index in [4.69, 9.17) is 4.42 Å². The van der Waals surface area contributed by atoms with Gasteiger partial charge in [0.1, 0.15) is 5.58 Å². The molecule has 0 aliphatic heterocycles. The predicted molar refractivity (Wildman–Crippen MR) is 187 cm³/mol. The van der Waals surface area contributed by atoms with Crippen molar-refractivity contribution in [2.24, 2.45) is 0 Å². The Hall–Kier alpha value is -5.86. The Balaban J connectivity index is 1.09. The Morgan fingerprint density at radius 2 is 0.977 bits per heavy atom. The van der Waals surface area contributed by atoms with Gasteiger partial charge in [-0.15, -0.1) is 0 Å². The molecule has 1 N–H and O–H groups in total. The first-order valence-corrected chi connectivity index (χ1v) is 15.0. The van der Waals surface area contributed by atoms with E-state index >= 15 is 0 Å². The van der Waals surface area contributed by atoms with Crippen LogP contribution in [0, 0.1) is 0 Å². The number of hydrogen-bond acceptors (Lipinski definition) is 2. The van der Waals surface area contributed by atoms with Gasteiger partial charge in [0.15, 0.2) is 5.58 Å². The van der Waals surface area contributed by atoms with Crippen LogP contribution < -0.4 is 5.32 Å². The molecule has 2 heteroatoms. The summed E-state index contributed by atoms with van der Waals surface area (Å²) in [7, 11) is 0. The second kappa shape index (κ2) is 9.86. The number of anilines is 2. The van der Waals surface area contributed by atoms with E-state index in [9.17, 15) is 0 Å². The first kappa shape index (κ1) is 24.7. The van der Waals surface area contributed by atoms with Gasteiger partial charge in [0.2, 0.25) is 0 Å². The molecule has 0 fully saturated rings. The summed E-state index contributed by atoms with van der Waals surface area (Å²) >= 11 is 0. The standard InChI is InChI=1S/C42H27NO/c1-3-12-31-27(9-1)11-7-16-35(31)37-25-24-32(34-14-5-6-15-36(34)37)29-19-22-30(23-20-29)43-39-18-8-17-38-41-33-13-4-2-10-28(33)21-26-40(41)44-42(38)39/h1-26,43H. The molecule has 206 valence electrons. The van der Waals surface area contributed by atoms with Crippen LogP contribution in [0.3, 0.4) is 0 Å². The number of fused-ring (bicyclic) bond motifs is 7. The molecule has 0 unspecified atom stereocenters. The maximum atomic E-state index is 6.42. The van der Waals surface area contributed by atoms with Gasteiger partial charge in [-0.1, -0.05) is 133 Å². The largest absolute Gasteiger partial charge is 0.454 e. The highest BCUT2D eigenvalue weighted by atomic mass is 16.3. The molecular weight excluding hydrogens is 534 g/mol. The summed E-state index contributed by atoms with van der Waals surface area (Å²) in [6.07, 6.45) is 0. The molecule has 9 aromatic rings. The van der Waals surface area contributed by atoms with E-state index in [1.807, 2.05) is 0 Å². The number of para-hydroxylation sites is 1. The van der Waals surface area contributed by atoms with Gasteiger partial charge in [-0.05, 0) is 78.8 Å². The smallest absolute Gasteiger partial charge is 0.158 e. The highest BCUT2D eigenvalue weighted by molar-refractivity contribution is 6.20. The molecule has 44 heavy (non-hydrogen) atoms. The van der Waals surface area contributed by atoms with Gasteiger partial charge in [-0.25, -0.2) is 0 Å². The van der Waals surface area contributed by atoms with Crippen LogP contribution in [-0.2, 0) is 0 Å². The third kappa shape index (κ3) is 3.89. The molecule has 0 aliphatic rings. The molecule has 0 radical (unpaired) electrons. The summed E-state index contributed by atoms with van der Waals surface area (Å²) in [5.41, 5.74) is 8.68. The summed E-state index contributed by atoms with van der Waals surface area (Å²) in [6, 6.07) is 56.2. The van der Waals surface area contributed by atoms with Gasteiger partial charge >= 0.3 is 0 Å². The van der Waals surface area contributed by atoms with Crippen molar-refractivity contribution >= 4 is 65.6 Å². The molecule has 9 rings (SSSR count). The van der Waals surface area contributed by atoms with Crippen LogP contribution in [-0.4, -0.2) is 0 Å². The number of benzene rings is 8. The lowest BCUT2D eigenvalue weighted by Crippen LogP contribution is -1.91. The Kier molecular flexibility index (Phi) is 5.54. The third-order valence-electron chi connectivity index (χ3n) is 8.87. The van der Waals surface area contributed by atoms with Gasteiger partial charge in [0.25, 0.3) is 0 Å². The van der Waals surface area contributed by atoms with Crippen LogP contribution in [0.25, 0.3) is 76.5 Å². The lowest BCUT2D eigenvalue weighted by Gasteiger charge is -2.14. The Morgan fingerprint density at radius 3 is 1.80 bits per heavy atom. The molecule has 0 spiro atoms. The normalized spacial score (nSPS) is 11.6. The number of nitrogens with one attached hydrogen (secondary N) is 1. The second-order valence-electron chi connectivity index (χ2n) is 11.4. The molecule has 0 bridgehead atoms. The summed E-state index contributed by atoms with van der Waals surface area (Å²) in [5.74, 6) is 0. The van der Waals surface area contributed by atoms with E-state index in [1.165, 1.54) is 54.6 Å². The predicted octanol–water partition coefficient (Wildman–Crippen LogP) is 12.1. The average molecular weight is 562 g/mol. The zero-order valence-corrected chi connectivity index (χ0v) is 23.9. The van der Waals surface area contributed by atoms with Crippen LogP contribution in [0.4, 0.5) is 11.4 Å². The van der Waals surface area contributed by atoms with E-state index in [2.05, 4.69) is 163 Å². The van der Waals surface area contributed by atoms with E-state index in [1.54, 1.807) is 0 Å². The summed E-state index contributed by atoms with van der Waals surface area (Å²) < 4.78 is 6.42. The molecule has 2 nitrogen and oxygen atoms in total. The van der Waals surface area contributed by atoms with Crippen LogP contribution in [0.2, 0.25) is 0 Å². The first-order chi connectivity index (χ1) is 21.8. The van der Waals surface area contributed by atoms with Crippen molar-refractivity contribution in [1.29, 1.82) is 0 Å². The maximum Gasteiger partial charge on any atom is 0.158 e. The highest BCUT2D eigenvalue weighted by Crippen LogP contribution is 2.40. The molecular formula is C42H27NO. The van der Waals surface area contributed by atoms with Crippen LogP contribution in [0.1, 0.15) is 0 Å². The SMILES string of the molecule is c1ccc2c(-c3ccc(-c4ccc(Nc5cccc6c5oc5ccc7ccccc7c56)cc4)c4ccccc34)cccc2c1. The van der Waals surface area contributed by atoms with Crippen molar-refractivity contribution in [1.82, 2.24) is 0 Å². The fraction of sp³-hybridized carbons (Fsp3) is 0. The van der Waals surface area contributed by atoms with Crippen molar-refractivity contribution in [2.75, 3.05) is 5.32 Å². The van der Waals surface area contributed by atoms with Crippen molar-refractivity contribution in [3.63, 3.8) is 0 Å². The number of rotatable bonds is 4. The molecule has 0 saturated carbocycles. The minimum Gasteiger partial charge on any atom is -0.454 e. The second-order valence-corrected chi connectivity index (χ2v) is 11.4. The minimum atomic E-state index is 0.873. The highest BCUT2D eigenvalue weighted by Gasteiger charge is 2.15. The third-order valence-corrected chi connectivity index (χ3v) is 8.87. The quantitative estimate of drug-likeness (QED) is 0.231. The lowest BCUT2D eigenvalue weighted by atomic mass is 9.90. The molecule has 0 atom stereocenters. The van der Waals surface area contributed by atoms with Crippen molar-refractivity contribution < 1.29 is 4.42 Å². The fourth-order valence-corrected chi connectivity index (χ4v) is 6.80. The van der Waals surface area contributed by atoms with Gasteiger partial charge in [-0.2, -0.15) is 0 Å². The van der Waals surface area contributed by atoms with E-state index in [0.29, 0.717) is 0 Å². The van der Waals surface area contributed by atoms with Crippen LogP contribution in [0.5, 0.6) is 0 Å². The summed E-state index contributed by atoms with van der Waals surface area (Å²) in [4.78, 5) is 0. The van der Waals surface area contributed by atoms with Gasteiger partial charge in [0, 0.05) is 16.5 Å². The van der Waals surface area contributed by atoms with Crippen molar-refractivity contribution in [3.8, 4) is 22.3 Å². The first-order valence-electron chi connectivity index (χ1n) is 15.0. The molecule has 1 heterocycles. The monoisotopic (exact) mass is 561 g/mol. The zero-order valence-electron chi connectivity index (χ0n) is 23.9. The van der Waals surface area contributed by atoms with Crippen molar-refractivity contribution in [2.45, 2.75) is 0 Å². The van der Waals surface area contributed by atoms with E-state index < -0.39 is 0 Å². The van der Waals surface area contributed by atoms with E-state index in [0.717, 1.165) is 33.3 Å². The van der Waals surface area contributed by atoms with E-state index in [-0.39, 0.29) is 0 Å². The molecule has 1 aromatic heterocycles. The molecule has 8 aromatic carbocycles. The lowest BCUT2D eigenvalue weighted by molar-refractivity contribution is 0.670. The van der Waals surface area contributed by atoms with Gasteiger partial charge in [-0.3, -0.25) is 0 Å². The zero-order chi connectivity index (χ0) is 29.0.